The van der Waals surface area contributed by atoms with E-state index in [1.54, 1.807) is 6.07 Å². The smallest absolute Gasteiger partial charge is 0.341 e. The molecule has 1 saturated heterocycles. The van der Waals surface area contributed by atoms with Crippen LogP contribution in [-0.4, -0.2) is 71.1 Å². The van der Waals surface area contributed by atoms with Gasteiger partial charge in [-0.2, -0.15) is 0 Å². The fraction of sp³-hybridized carbons (Fsp3) is 0.500. The number of carbonyl (C=O) groups is 2. The highest BCUT2D eigenvalue weighted by atomic mass is 32.2. The van der Waals surface area contributed by atoms with Gasteiger partial charge < -0.3 is 20.1 Å². The highest BCUT2D eigenvalue weighted by Gasteiger charge is 2.26. The van der Waals surface area contributed by atoms with Crippen molar-refractivity contribution in [2.24, 2.45) is 5.73 Å². The van der Waals surface area contributed by atoms with Crippen molar-refractivity contribution in [3.8, 4) is 0 Å². The van der Waals surface area contributed by atoms with E-state index >= 15 is 0 Å². The first-order valence-electron chi connectivity index (χ1n) is 8.04. The number of ether oxygens (including phenoxy) is 2. The fourth-order valence-electron chi connectivity index (χ4n) is 2.41. The van der Waals surface area contributed by atoms with E-state index in [-0.39, 0.29) is 10.5 Å². The number of morpholine rings is 1. The zero-order chi connectivity index (χ0) is 19.5. The Balaban J connectivity index is 2.48. The molecule has 0 unspecified atom stereocenters. The quantitative estimate of drug-likeness (QED) is 0.674. The number of rotatable bonds is 6. The van der Waals surface area contributed by atoms with Crippen LogP contribution in [-0.2, 0) is 24.3 Å². The van der Waals surface area contributed by atoms with E-state index in [0.717, 1.165) is 4.31 Å². The summed E-state index contributed by atoms with van der Waals surface area (Å²) in [5, 5.41) is 0. The van der Waals surface area contributed by atoms with E-state index in [1.165, 1.54) is 33.2 Å². The second kappa shape index (κ2) is 8.02. The van der Waals surface area contributed by atoms with Crippen molar-refractivity contribution in [3.05, 3.63) is 23.8 Å². The largest absolute Gasteiger partial charge is 0.449 e. The minimum Gasteiger partial charge on any atom is -0.449 e. The molecule has 9 nitrogen and oxygen atoms in total. The Morgan fingerprint density at radius 1 is 1.27 bits per heavy atom. The van der Waals surface area contributed by atoms with E-state index in [2.05, 4.69) is 0 Å². The number of primary amides is 1. The monoisotopic (exact) mass is 385 g/mol. The molecule has 0 aromatic heterocycles. The summed E-state index contributed by atoms with van der Waals surface area (Å²) in [6.45, 7) is 3.43. The maximum atomic E-state index is 12.6. The van der Waals surface area contributed by atoms with Crippen molar-refractivity contribution in [2.75, 3.05) is 45.3 Å². The van der Waals surface area contributed by atoms with Crippen LogP contribution in [0.15, 0.2) is 23.1 Å². The maximum absolute atomic E-state index is 12.6. The number of hydrogen-bond donors (Lipinski definition) is 1. The van der Waals surface area contributed by atoms with Gasteiger partial charge in [0.25, 0.3) is 5.91 Å². The molecule has 1 heterocycles. The molecule has 1 atom stereocenters. The summed E-state index contributed by atoms with van der Waals surface area (Å²) >= 11 is 0. The molecule has 2 rings (SSSR count). The third kappa shape index (κ3) is 4.32. The Hall–Kier alpha value is -2.17. The van der Waals surface area contributed by atoms with E-state index < -0.39 is 28.0 Å². The third-order valence-corrected chi connectivity index (χ3v) is 5.81. The Morgan fingerprint density at radius 3 is 2.42 bits per heavy atom. The van der Waals surface area contributed by atoms with Gasteiger partial charge in [-0.25, -0.2) is 17.5 Å². The Kier molecular flexibility index (Phi) is 6.21. The molecule has 1 aromatic carbocycles. The van der Waals surface area contributed by atoms with Crippen molar-refractivity contribution in [1.82, 2.24) is 4.31 Å². The number of hydrogen-bond acceptors (Lipinski definition) is 7. The van der Waals surface area contributed by atoms with E-state index in [0.29, 0.717) is 32.0 Å². The average Bonchev–Trinajstić information content (AvgIpc) is 2.61. The van der Waals surface area contributed by atoms with Gasteiger partial charge in [-0.3, -0.25) is 4.79 Å². The van der Waals surface area contributed by atoms with Crippen molar-refractivity contribution < 1.29 is 27.5 Å². The van der Waals surface area contributed by atoms with Crippen molar-refractivity contribution in [1.29, 1.82) is 0 Å². The first kappa shape index (κ1) is 20.1. The minimum absolute atomic E-state index is 0.0433. The van der Waals surface area contributed by atoms with Crippen LogP contribution in [0.25, 0.3) is 0 Å². The van der Waals surface area contributed by atoms with Gasteiger partial charge in [0.1, 0.15) is 0 Å². The second-order valence-corrected chi connectivity index (χ2v) is 8.17. The van der Waals surface area contributed by atoms with Gasteiger partial charge >= 0.3 is 5.97 Å². The minimum atomic E-state index is -3.73. The molecule has 2 N–H and O–H groups in total. The summed E-state index contributed by atoms with van der Waals surface area (Å²) in [4.78, 5) is 25.6. The van der Waals surface area contributed by atoms with Crippen LogP contribution in [0.1, 0.15) is 17.3 Å². The van der Waals surface area contributed by atoms with Gasteiger partial charge in [0.05, 0.1) is 29.4 Å². The molecule has 1 aliphatic heterocycles. The number of nitrogens with two attached hydrogens (primary N) is 1. The van der Waals surface area contributed by atoms with Crippen molar-refractivity contribution in [3.63, 3.8) is 0 Å². The Bertz CT molecular complexity index is 787. The predicted octanol–water partition coefficient (Wildman–Crippen LogP) is -0.196. The number of anilines is 1. The molecule has 0 bridgehead atoms. The van der Waals surface area contributed by atoms with Gasteiger partial charge in [-0.05, 0) is 25.1 Å². The zero-order valence-corrected chi connectivity index (χ0v) is 15.8. The second-order valence-electron chi connectivity index (χ2n) is 6.02. The van der Waals surface area contributed by atoms with Crippen LogP contribution in [0.4, 0.5) is 5.69 Å². The van der Waals surface area contributed by atoms with Crippen LogP contribution in [0.3, 0.4) is 0 Å². The molecular formula is C16H23N3O6S. The van der Waals surface area contributed by atoms with E-state index in [1.807, 2.05) is 4.90 Å². The van der Waals surface area contributed by atoms with E-state index in [9.17, 15) is 18.0 Å². The molecule has 1 amide bonds. The van der Waals surface area contributed by atoms with E-state index in [4.69, 9.17) is 15.2 Å². The fourth-order valence-corrected chi connectivity index (χ4v) is 3.34. The normalized spacial score (nSPS) is 16.4. The molecule has 1 aromatic rings. The molecule has 0 saturated carbocycles. The van der Waals surface area contributed by atoms with Gasteiger partial charge in [0.2, 0.25) is 10.0 Å². The molecule has 1 aliphatic rings. The first-order chi connectivity index (χ1) is 12.1. The van der Waals surface area contributed by atoms with Crippen molar-refractivity contribution >= 4 is 27.6 Å². The number of nitrogens with zero attached hydrogens (tertiary/aromatic N) is 2. The van der Waals surface area contributed by atoms with Gasteiger partial charge in [-0.15, -0.1) is 0 Å². The zero-order valence-electron chi connectivity index (χ0n) is 15.0. The topological polar surface area (TPSA) is 119 Å². The molecule has 0 aliphatic carbocycles. The molecule has 144 valence electrons. The van der Waals surface area contributed by atoms with Gasteiger partial charge in [0.15, 0.2) is 6.10 Å². The highest BCUT2D eigenvalue weighted by molar-refractivity contribution is 7.89. The molecule has 0 spiro atoms. The Labute approximate surface area is 152 Å². The lowest BCUT2D eigenvalue weighted by Crippen LogP contribution is -2.38. The standard InChI is InChI=1S/C16H23N3O6S/c1-11(15(17)20)25-16(21)13-10-12(26(22,23)18(2)3)4-5-14(13)19-6-8-24-9-7-19/h4-5,10-11H,6-9H2,1-3H3,(H2,17,20)/t11-/m1/s1. The molecule has 0 radical (unpaired) electrons. The van der Waals surface area contributed by atoms with Crippen LogP contribution >= 0.6 is 0 Å². The summed E-state index contributed by atoms with van der Waals surface area (Å²) in [5.74, 6) is -1.60. The van der Waals surface area contributed by atoms with Crippen LogP contribution in [0.2, 0.25) is 0 Å². The summed E-state index contributed by atoms with van der Waals surface area (Å²) in [6.07, 6.45) is -1.13. The lowest BCUT2D eigenvalue weighted by Gasteiger charge is -2.30. The van der Waals surface area contributed by atoms with Gasteiger partial charge in [0, 0.05) is 27.2 Å². The van der Waals surface area contributed by atoms with Crippen LogP contribution < -0.4 is 10.6 Å². The number of carbonyl (C=O) groups excluding carboxylic acids is 2. The van der Waals surface area contributed by atoms with Gasteiger partial charge in [-0.1, -0.05) is 0 Å². The van der Waals surface area contributed by atoms with Crippen LogP contribution in [0, 0.1) is 0 Å². The summed E-state index contributed by atoms with van der Waals surface area (Å²) < 4.78 is 36.2. The molecule has 1 fully saturated rings. The molecular weight excluding hydrogens is 362 g/mol. The van der Waals surface area contributed by atoms with Crippen molar-refractivity contribution in [2.45, 2.75) is 17.9 Å². The lowest BCUT2D eigenvalue weighted by atomic mass is 10.1. The summed E-state index contributed by atoms with van der Waals surface area (Å²) in [5.41, 5.74) is 5.72. The van der Waals surface area contributed by atoms with Crippen LogP contribution in [0.5, 0.6) is 0 Å². The predicted molar refractivity (Wildman–Crippen MR) is 94.4 cm³/mol. The summed E-state index contributed by atoms with van der Waals surface area (Å²) in [7, 11) is -0.932. The molecule has 26 heavy (non-hydrogen) atoms. The number of amides is 1. The number of benzene rings is 1. The lowest BCUT2D eigenvalue weighted by molar-refractivity contribution is -0.125. The average molecular weight is 385 g/mol. The number of esters is 1. The highest BCUT2D eigenvalue weighted by Crippen LogP contribution is 2.27. The maximum Gasteiger partial charge on any atom is 0.341 e. The molecule has 10 heteroatoms. The Morgan fingerprint density at radius 2 is 1.88 bits per heavy atom. The SMILES string of the molecule is C[C@@H](OC(=O)c1cc(S(=O)(=O)N(C)C)ccc1N1CCOCC1)C(N)=O. The summed E-state index contributed by atoms with van der Waals surface area (Å²) in [6, 6.07) is 4.26. The third-order valence-electron chi connectivity index (χ3n) is 4.00. The number of sulfonamides is 1. The first-order valence-corrected chi connectivity index (χ1v) is 9.48.